The number of ether oxygens (including phenoxy) is 1. The molecule has 1 atom stereocenters. The molecule has 2 aromatic carbocycles. The standard InChI is InChI=1S/C21H25N3O5S/c1-5-12-24-18-13-16(8-11-19(18)29-14(2)21(24)26)22-20(25)15-6-9-17(10-7-15)30(27,28)23(3)4/h6-11,13-14H,5,12H2,1-4H3,(H,22,25). The van der Waals surface area contributed by atoms with Crippen molar-refractivity contribution in [2.75, 3.05) is 30.9 Å². The van der Waals surface area contributed by atoms with Crippen LogP contribution in [0.1, 0.15) is 30.6 Å². The number of hydrogen-bond donors (Lipinski definition) is 1. The predicted octanol–water partition coefficient (Wildman–Crippen LogP) is 2.71. The molecule has 0 bridgehead atoms. The lowest BCUT2D eigenvalue weighted by atomic mass is 10.1. The topological polar surface area (TPSA) is 96.0 Å². The first-order valence-corrected chi connectivity index (χ1v) is 11.0. The molecule has 1 aliphatic rings. The average molecular weight is 432 g/mol. The number of amides is 2. The number of nitrogens with zero attached hydrogens (tertiary/aromatic N) is 2. The Labute approximate surface area is 176 Å². The van der Waals surface area contributed by atoms with Crippen LogP contribution in [0.15, 0.2) is 47.4 Å². The van der Waals surface area contributed by atoms with Crippen LogP contribution in [0.4, 0.5) is 11.4 Å². The highest BCUT2D eigenvalue weighted by Crippen LogP contribution is 2.36. The lowest BCUT2D eigenvalue weighted by Gasteiger charge is -2.33. The van der Waals surface area contributed by atoms with Crippen molar-refractivity contribution in [3.63, 3.8) is 0 Å². The molecule has 3 rings (SSSR count). The van der Waals surface area contributed by atoms with Crippen molar-refractivity contribution in [3.8, 4) is 5.75 Å². The predicted molar refractivity (Wildman–Crippen MR) is 114 cm³/mol. The monoisotopic (exact) mass is 431 g/mol. The van der Waals surface area contributed by atoms with Crippen LogP contribution in [0.3, 0.4) is 0 Å². The second-order valence-electron chi connectivity index (χ2n) is 7.20. The Kier molecular flexibility index (Phi) is 6.14. The van der Waals surface area contributed by atoms with Crippen LogP contribution in [0.2, 0.25) is 0 Å². The van der Waals surface area contributed by atoms with E-state index in [9.17, 15) is 18.0 Å². The smallest absolute Gasteiger partial charge is 0.267 e. The molecule has 30 heavy (non-hydrogen) atoms. The van der Waals surface area contributed by atoms with E-state index in [1.807, 2.05) is 6.92 Å². The summed E-state index contributed by atoms with van der Waals surface area (Å²) in [4.78, 5) is 26.8. The van der Waals surface area contributed by atoms with Crippen LogP contribution in [-0.4, -0.2) is 51.3 Å². The SMILES string of the molecule is CCCN1C(=O)C(C)Oc2ccc(NC(=O)c3ccc(S(=O)(=O)N(C)C)cc3)cc21. The fourth-order valence-corrected chi connectivity index (χ4v) is 4.03. The largest absolute Gasteiger partial charge is 0.479 e. The lowest BCUT2D eigenvalue weighted by molar-refractivity contribution is -0.125. The Bertz CT molecular complexity index is 1060. The third-order valence-electron chi connectivity index (χ3n) is 4.77. The molecule has 2 amide bonds. The molecule has 0 radical (unpaired) electrons. The number of carbonyl (C=O) groups excluding carboxylic acids is 2. The van der Waals surface area contributed by atoms with E-state index in [0.717, 1.165) is 10.7 Å². The highest BCUT2D eigenvalue weighted by molar-refractivity contribution is 7.89. The average Bonchev–Trinajstić information content (AvgIpc) is 2.71. The van der Waals surface area contributed by atoms with Gasteiger partial charge in [-0.1, -0.05) is 6.92 Å². The molecule has 0 aliphatic carbocycles. The Balaban J connectivity index is 1.82. The Morgan fingerprint density at radius 2 is 1.83 bits per heavy atom. The van der Waals surface area contributed by atoms with E-state index < -0.39 is 16.1 Å². The van der Waals surface area contributed by atoms with Gasteiger partial charge in [-0.05, 0) is 55.8 Å². The Hall–Kier alpha value is -2.91. The van der Waals surface area contributed by atoms with Crippen molar-refractivity contribution >= 4 is 33.2 Å². The van der Waals surface area contributed by atoms with Crippen LogP contribution in [0.25, 0.3) is 0 Å². The van der Waals surface area contributed by atoms with E-state index in [0.29, 0.717) is 29.2 Å². The van der Waals surface area contributed by atoms with Gasteiger partial charge in [-0.15, -0.1) is 0 Å². The summed E-state index contributed by atoms with van der Waals surface area (Å²) in [5.41, 5.74) is 1.44. The number of hydrogen-bond acceptors (Lipinski definition) is 5. The molecular weight excluding hydrogens is 406 g/mol. The van der Waals surface area contributed by atoms with Crippen molar-refractivity contribution in [1.29, 1.82) is 0 Å². The molecule has 0 saturated carbocycles. The minimum absolute atomic E-state index is 0.109. The van der Waals surface area contributed by atoms with Crippen molar-refractivity contribution < 1.29 is 22.7 Å². The number of nitrogens with one attached hydrogen (secondary N) is 1. The second kappa shape index (κ2) is 8.45. The molecule has 9 heteroatoms. The fourth-order valence-electron chi connectivity index (χ4n) is 3.13. The summed E-state index contributed by atoms with van der Waals surface area (Å²) >= 11 is 0. The van der Waals surface area contributed by atoms with Gasteiger partial charge in [0, 0.05) is 31.9 Å². The minimum atomic E-state index is -3.56. The molecule has 0 spiro atoms. The van der Waals surface area contributed by atoms with Gasteiger partial charge in [0.2, 0.25) is 10.0 Å². The number of rotatable bonds is 6. The van der Waals surface area contributed by atoms with Crippen molar-refractivity contribution in [2.24, 2.45) is 0 Å². The summed E-state index contributed by atoms with van der Waals surface area (Å²) in [7, 11) is -0.665. The summed E-state index contributed by atoms with van der Waals surface area (Å²) in [5.74, 6) is 0.0829. The van der Waals surface area contributed by atoms with Gasteiger partial charge >= 0.3 is 0 Å². The van der Waals surface area contributed by atoms with E-state index in [2.05, 4.69) is 5.32 Å². The third kappa shape index (κ3) is 4.17. The molecule has 8 nitrogen and oxygen atoms in total. The quantitative estimate of drug-likeness (QED) is 0.759. The van der Waals surface area contributed by atoms with E-state index in [1.54, 1.807) is 30.0 Å². The molecule has 160 valence electrons. The van der Waals surface area contributed by atoms with Gasteiger partial charge in [-0.3, -0.25) is 9.59 Å². The molecule has 2 aromatic rings. The van der Waals surface area contributed by atoms with Crippen LogP contribution in [-0.2, 0) is 14.8 Å². The summed E-state index contributed by atoms with van der Waals surface area (Å²) in [5, 5.41) is 2.79. The van der Waals surface area contributed by atoms with Crippen LogP contribution in [0, 0.1) is 0 Å². The van der Waals surface area contributed by atoms with Gasteiger partial charge < -0.3 is 15.0 Å². The van der Waals surface area contributed by atoms with Crippen molar-refractivity contribution in [1.82, 2.24) is 4.31 Å². The van der Waals surface area contributed by atoms with E-state index >= 15 is 0 Å². The normalized spacial score (nSPS) is 16.2. The maximum Gasteiger partial charge on any atom is 0.267 e. The maximum atomic E-state index is 12.6. The van der Waals surface area contributed by atoms with Crippen LogP contribution < -0.4 is 15.0 Å². The van der Waals surface area contributed by atoms with Gasteiger partial charge in [0.25, 0.3) is 11.8 Å². The summed E-state index contributed by atoms with van der Waals surface area (Å²) in [6, 6.07) is 10.8. The van der Waals surface area contributed by atoms with Crippen molar-refractivity contribution in [2.45, 2.75) is 31.3 Å². The Morgan fingerprint density at radius 3 is 2.43 bits per heavy atom. The first kappa shape index (κ1) is 21.8. The van der Waals surface area contributed by atoms with Gasteiger partial charge in [0.15, 0.2) is 6.10 Å². The highest BCUT2D eigenvalue weighted by Gasteiger charge is 2.31. The van der Waals surface area contributed by atoms with Crippen molar-refractivity contribution in [3.05, 3.63) is 48.0 Å². The number of anilines is 2. The maximum absolute atomic E-state index is 12.6. The minimum Gasteiger partial charge on any atom is -0.479 e. The van der Waals surface area contributed by atoms with E-state index in [-0.39, 0.29) is 16.7 Å². The number of fused-ring (bicyclic) bond motifs is 1. The van der Waals surface area contributed by atoms with Gasteiger partial charge in [0.05, 0.1) is 10.6 Å². The zero-order valence-electron chi connectivity index (χ0n) is 17.4. The number of sulfonamides is 1. The lowest BCUT2D eigenvalue weighted by Crippen LogP contribution is -2.44. The van der Waals surface area contributed by atoms with E-state index in [4.69, 9.17) is 4.74 Å². The first-order valence-electron chi connectivity index (χ1n) is 9.61. The molecule has 0 fully saturated rings. The molecule has 1 aliphatic heterocycles. The zero-order chi connectivity index (χ0) is 22.1. The zero-order valence-corrected chi connectivity index (χ0v) is 18.2. The number of benzene rings is 2. The first-order chi connectivity index (χ1) is 14.1. The van der Waals surface area contributed by atoms with E-state index in [1.165, 1.54) is 38.4 Å². The van der Waals surface area contributed by atoms with Gasteiger partial charge in [0.1, 0.15) is 5.75 Å². The summed E-state index contributed by atoms with van der Waals surface area (Å²) < 4.78 is 31.1. The van der Waals surface area contributed by atoms with Gasteiger partial charge in [-0.25, -0.2) is 12.7 Å². The molecule has 0 saturated heterocycles. The summed E-state index contributed by atoms with van der Waals surface area (Å²) in [6.07, 6.45) is 0.234. The molecule has 1 N–H and O–H groups in total. The van der Waals surface area contributed by atoms with Crippen LogP contribution in [0.5, 0.6) is 5.75 Å². The Morgan fingerprint density at radius 1 is 1.17 bits per heavy atom. The third-order valence-corrected chi connectivity index (χ3v) is 6.60. The number of carbonyl (C=O) groups is 2. The molecular formula is C21H25N3O5S. The van der Waals surface area contributed by atoms with Gasteiger partial charge in [-0.2, -0.15) is 0 Å². The van der Waals surface area contributed by atoms with Crippen LogP contribution >= 0.6 is 0 Å². The summed E-state index contributed by atoms with van der Waals surface area (Å²) in [6.45, 7) is 4.25. The second-order valence-corrected chi connectivity index (χ2v) is 9.35. The highest BCUT2D eigenvalue weighted by atomic mass is 32.2. The molecule has 1 heterocycles. The fraction of sp³-hybridized carbons (Fsp3) is 0.333. The molecule has 1 unspecified atom stereocenters. The molecule has 0 aromatic heterocycles.